The average molecular weight is 472 g/mol. The van der Waals surface area contributed by atoms with Crippen molar-refractivity contribution in [2.75, 3.05) is 25.0 Å². The molecule has 2 aliphatic heterocycles. The number of carboxylic acid groups (broad SMARTS) is 1. The van der Waals surface area contributed by atoms with E-state index in [1.165, 1.54) is 5.56 Å². The van der Waals surface area contributed by atoms with Crippen LogP contribution in [0.25, 0.3) is 0 Å². The Morgan fingerprint density at radius 1 is 1.31 bits per heavy atom. The molecule has 3 atom stereocenters. The largest absolute Gasteiger partial charge is 0.490 e. The van der Waals surface area contributed by atoms with Gasteiger partial charge >= 0.3 is 12.1 Å². The van der Waals surface area contributed by atoms with E-state index < -0.39 is 12.1 Å². The van der Waals surface area contributed by atoms with E-state index >= 15 is 0 Å². The van der Waals surface area contributed by atoms with Gasteiger partial charge in [-0.2, -0.15) is 24.5 Å². The summed E-state index contributed by atoms with van der Waals surface area (Å²) in [5.74, 6) is -2.01. The number of carbonyl (C=O) groups excluding carboxylic acids is 1. The molecule has 2 aliphatic rings. The van der Waals surface area contributed by atoms with Gasteiger partial charge in [-0.05, 0) is 35.2 Å². The quantitative estimate of drug-likeness (QED) is 0.705. The summed E-state index contributed by atoms with van der Waals surface area (Å²) in [4.78, 5) is 32.3. The summed E-state index contributed by atoms with van der Waals surface area (Å²) in [5, 5.41) is 14.4. The average Bonchev–Trinajstić information content (AvgIpc) is 3.27. The predicted molar refractivity (Wildman–Crippen MR) is 110 cm³/mol. The normalized spacial score (nSPS) is 23.4. The molecule has 0 aromatic carbocycles. The number of hydrogen-bond acceptors (Lipinski definition) is 7. The van der Waals surface area contributed by atoms with Gasteiger partial charge in [0, 0.05) is 50.5 Å². The molecule has 8 nitrogen and oxygen atoms in total. The molecule has 2 fully saturated rings. The highest BCUT2D eigenvalue weighted by Gasteiger charge is 2.41. The van der Waals surface area contributed by atoms with Crippen molar-refractivity contribution in [1.82, 2.24) is 14.9 Å². The first-order valence-electron chi connectivity index (χ1n) is 9.96. The molecule has 1 amide bonds. The van der Waals surface area contributed by atoms with E-state index in [4.69, 9.17) is 14.6 Å². The maximum absolute atomic E-state index is 12.8. The summed E-state index contributed by atoms with van der Waals surface area (Å²) in [7, 11) is 0. The highest BCUT2D eigenvalue weighted by atomic mass is 32.1. The van der Waals surface area contributed by atoms with Crippen LogP contribution in [-0.4, -0.2) is 63.8 Å². The summed E-state index contributed by atoms with van der Waals surface area (Å²) in [6.07, 6.45) is 1.63. The Balaban J connectivity index is 0.000000360. The maximum Gasteiger partial charge on any atom is 0.490 e. The number of nitrogens with zero attached hydrogens (tertiary/aromatic N) is 3. The van der Waals surface area contributed by atoms with Gasteiger partial charge in [0.05, 0.1) is 12.3 Å². The van der Waals surface area contributed by atoms with E-state index in [0.29, 0.717) is 12.4 Å². The zero-order valence-electron chi connectivity index (χ0n) is 17.0. The molecule has 0 saturated carbocycles. The molecule has 174 valence electrons. The Morgan fingerprint density at radius 3 is 2.72 bits per heavy atom. The van der Waals surface area contributed by atoms with Crippen LogP contribution in [0.2, 0.25) is 0 Å². The number of nitrogens with one attached hydrogen (secondary N) is 1. The number of thiophene rings is 1. The van der Waals surface area contributed by atoms with Crippen molar-refractivity contribution in [2.45, 2.75) is 31.7 Å². The molecule has 2 saturated heterocycles. The first kappa shape index (κ1) is 24.1. The highest BCUT2D eigenvalue weighted by molar-refractivity contribution is 7.07. The summed E-state index contributed by atoms with van der Waals surface area (Å²) in [6, 6.07) is 2.17. The number of hydrogen-bond donors (Lipinski definition) is 2. The minimum atomic E-state index is -5.08. The monoisotopic (exact) mass is 472 g/mol. The van der Waals surface area contributed by atoms with E-state index in [9.17, 15) is 18.0 Å². The minimum Gasteiger partial charge on any atom is -0.475 e. The molecule has 32 heavy (non-hydrogen) atoms. The SMILES string of the molecule is O=C(Nc1cnccn1)[C@@H]1CCO[C@@H]2CCN(Cc3ccsc3)C[C@H]21.O=C(O)C(F)(F)F. The number of piperidine rings is 1. The van der Waals surface area contributed by atoms with E-state index in [1.807, 2.05) is 0 Å². The molecule has 12 heteroatoms. The molecule has 0 bridgehead atoms. The number of aliphatic carboxylic acids is 1. The third-order valence-corrected chi connectivity index (χ3v) is 6.07. The van der Waals surface area contributed by atoms with Gasteiger partial charge in [0.15, 0.2) is 5.82 Å². The molecule has 2 aromatic rings. The molecular formula is C20H23F3N4O4S. The maximum atomic E-state index is 12.8. The Hall–Kier alpha value is -2.57. The number of ether oxygens (including phenoxy) is 1. The number of carbonyl (C=O) groups is 2. The molecule has 0 aliphatic carbocycles. The number of likely N-dealkylation sites (tertiary alicyclic amines) is 1. The van der Waals surface area contributed by atoms with Crippen LogP contribution in [0.15, 0.2) is 35.4 Å². The molecule has 4 rings (SSSR count). The van der Waals surface area contributed by atoms with Crippen molar-refractivity contribution < 1.29 is 32.6 Å². The lowest BCUT2D eigenvalue weighted by atomic mass is 9.79. The van der Waals surface area contributed by atoms with Crippen LogP contribution < -0.4 is 5.32 Å². The highest BCUT2D eigenvalue weighted by Crippen LogP contribution is 2.34. The minimum absolute atomic E-state index is 0.0361. The number of amides is 1. The Kier molecular flexibility index (Phi) is 8.15. The number of halogens is 3. The van der Waals surface area contributed by atoms with E-state index in [-0.39, 0.29) is 23.8 Å². The van der Waals surface area contributed by atoms with Gasteiger partial charge in [0.2, 0.25) is 5.91 Å². The fraction of sp³-hybridized carbons (Fsp3) is 0.500. The molecule has 0 radical (unpaired) electrons. The summed E-state index contributed by atoms with van der Waals surface area (Å²) >= 11 is 1.73. The number of rotatable bonds is 4. The van der Waals surface area contributed by atoms with Crippen molar-refractivity contribution >= 4 is 29.0 Å². The van der Waals surface area contributed by atoms with Gasteiger partial charge in [0.1, 0.15) is 0 Å². The number of anilines is 1. The lowest BCUT2D eigenvalue weighted by molar-refractivity contribution is -0.192. The van der Waals surface area contributed by atoms with E-state index in [1.54, 1.807) is 29.9 Å². The molecule has 0 spiro atoms. The summed E-state index contributed by atoms with van der Waals surface area (Å²) in [5.41, 5.74) is 1.35. The topological polar surface area (TPSA) is 105 Å². The van der Waals surface area contributed by atoms with Crippen LogP contribution in [0.4, 0.5) is 19.0 Å². The van der Waals surface area contributed by atoms with Crippen LogP contribution >= 0.6 is 11.3 Å². The fourth-order valence-corrected chi connectivity index (χ4v) is 4.54. The van der Waals surface area contributed by atoms with Crippen molar-refractivity contribution in [3.05, 3.63) is 41.0 Å². The second-order valence-corrected chi connectivity index (χ2v) is 8.29. The van der Waals surface area contributed by atoms with Crippen LogP contribution in [0.5, 0.6) is 0 Å². The van der Waals surface area contributed by atoms with Gasteiger partial charge in [-0.3, -0.25) is 14.7 Å². The van der Waals surface area contributed by atoms with Crippen molar-refractivity contribution in [2.24, 2.45) is 11.8 Å². The number of fused-ring (bicyclic) bond motifs is 1. The Labute approximate surface area is 186 Å². The van der Waals surface area contributed by atoms with Gasteiger partial charge in [-0.25, -0.2) is 9.78 Å². The molecule has 2 N–H and O–H groups in total. The number of alkyl halides is 3. The number of carboxylic acids is 1. The first-order chi connectivity index (χ1) is 15.2. The van der Waals surface area contributed by atoms with Gasteiger partial charge in [-0.15, -0.1) is 0 Å². The zero-order chi connectivity index (χ0) is 23.1. The lowest BCUT2D eigenvalue weighted by Gasteiger charge is -2.44. The van der Waals surface area contributed by atoms with Crippen LogP contribution in [0.3, 0.4) is 0 Å². The van der Waals surface area contributed by atoms with Gasteiger partial charge in [0.25, 0.3) is 0 Å². The Morgan fingerprint density at radius 2 is 2.09 bits per heavy atom. The van der Waals surface area contributed by atoms with E-state index in [2.05, 4.69) is 37.0 Å². The molecule has 4 heterocycles. The molecular weight excluding hydrogens is 449 g/mol. The second-order valence-electron chi connectivity index (χ2n) is 7.51. The number of aromatic nitrogens is 2. The first-order valence-corrected chi connectivity index (χ1v) is 10.9. The van der Waals surface area contributed by atoms with Crippen molar-refractivity contribution in [3.8, 4) is 0 Å². The van der Waals surface area contributed by atoms with Gasteiger partial charge < -0.3 is 15.2 Å². The van der Waals surface area contributed by atoms with Crippen molar-refractivity contribution in [3.63, 3.8) is 0 Å². The molecule has 2 aromatic heterocycles. The van der Waals surface area contributed by atoms with Crippen LogP contribution in [0, 0.1) is 11.8 Å². The Bertz CT molecular complexity index is 883. The zero-order valence-corrected chi connectivity index (χ0v) is 17.8. The summed E-state index contributed by atoms with van der Waals surface area (Å²) in [6.45, 7) is 3.53. The third kappa shape index (κ3) is 6.71. The third-order valence-electron chi connectivity index (χ3n) is 5.33. The van der Waals surface area contributed by atoms with Gasteiger partial charge in [-0.1, -0.05) is 0 Å². The predicted octanol–water partition coefficient (Wildman–Crippen LogP) is 3.04. The van der Waals surface area contributed by atoms with Crippen LogP contribution in [0.1, 0.15) is 18.4 Å². The standard InChI is InChI=1S/C18H22N4O2S.C2HF3O2/c23-18(21-17-9-19-4-5-20-17)14-2-7-24-16-1-6-22(11-15(14)16)10-13-3-8-25-12-13;3-2(4,5)1(6)7/h3-5,8-9,12,14-16H,1-2,6-7,10-11H2,(H,20,21,23);(H,6,7)/t14-,15+,16-;/m1./s1. The smallest absolute Gasteiger partial charge is 0.475 e. The van der Waals surface area contributed by atoms with Crippen LogP contribution in [-0.2, 0) is 20.9 Å². The lowest BCUT2D eigenvalue weighted by Crippen LogP contribution is -2.52. The molecule has 0 unspecified atom stereocenters. The fourth-order valence-electron chi connectivity index (χ4n) is 3.88. The second kappa shape index (κ2) is 10.8. The van der Waals surface area contributed by atoms with Crippen molar-refractivity contribution in [1.29, 1.82) is 0 Å². The summed E-state index contributed by atoms with van der Waals surface area (Å²) < 4.78 is 37.7. The van der Waals surface area contributed by atoms with E-state index in [0.717, 1.165) is 32.5 Å².